The number of aromatic nitrogens is 2. The minimum absolute atomic E-state index is 0.163. The third kappa shape index (κ3) is 2.94. The molecule has 120 valence electrons. The Morgan fingerprint density at radius 3 is 2.52 bits per heavy atom. The summed E-state index contributed by atoms with van der Waals surface area (Å²) < 4.78 is 1.42. The van der Waals surface area contributed by atoms with Gasteiger partial charge in [0, 0.05) is 23.7 Å². The van der Waals surface area contributed by atoms with Gasteiger partial charge in [0.2, 0.25) is 0 Å². The summed E-state index contributed by atoms with van der Waals surface area (Å²) >= 11 is 0. The predicted molar refractivity (Wildman–Crippen MR) is 88.1 cm³/mol. The summed E-state index contributed by atoms with van der Waals surface area (Å²) in [6.07, 6.45) is 3.60. The largest absolute Gasteiger partial charge is 0.388 e. The molecule has 3 heterocycles. The molecule has 0 amide bonds. The molecule has 0 radical (unpaired) electrons. The van der Waals surface area contributed by atoms with Gasteiger partial charge in [-0.1, -0.05) is 30.3 Å². The van der Waals surface area contributed by atoms with Gasteiger partial charge < -0.3 is 10.4 Å². The highest BCUT2D eigenvalue weighted by molar-refractivity contribution is 5.57. The van der Waals surface area contributed by atoms with Crippen molar-refractivity contribution in [3.63, 3.8) is 0 Å². The number of benzene rings is 1. The summed E-state index contributed by atoms with van der Waals surface area (Å²) in [6.45, 7) is 0.265. The number of fused-ring (bicyclic) bond motifs is 2. The van der Waals surface area contributed by atoms with Crippen molar-refractivity contribution in [3.05, 3.63) is 52.8 Å². The molecule has 2 fully saturated rings. The highest BCUT2D eigenvalue weighted by atomic mass is 16.3. The molecule has 23 heavy (non-hydrogen) atoms. The highest BCUT2D eigenvalue weighted by Crippen LogP contribution is 2.34. The average molecular weight is 311 g/mol. The first-order valence-electron chi connectivity index (χ1n) is 8.23. The summed E-state index contributed by atoms with van der Waals surface area (Å²) in [7, 11) is 0. The molecule has 2 atom stereocenters. The number of hydrogen-bond donors (Lipinski definition) is 2. The topological polar surface area (TPSA) is 67.2 Å². The maximum Gasteiger partial charge on any atom is 0.266 e. The van der Waals surface area contributed by atoms with Crippen LogP contribution in [0, 0.1) is 0 Å². The van der Waals surface area contributed by atoms with Crippen LogP contribution in [0.1, 0.15) is 25.7 Å². The Kier molecular flexibility index (Phi) is 3.54. The SMILES string of the molecule is O=c1ccc(-c2ccccc2)nn1CC1(O)C[C@H]2CC[C@H](C1)N2. The number of nitrogens with zero attached hydrogens (tertiary/aromatic N) is 2. The molecule has 2 aromatic rings. The monoisotopic (exact) mass is 311 g/mol. The van der Waals surface area contributed by atoms with Crippen molar-refractivity contribution in [1.82, 2.24) is 15.1 Å². The van der Waals surface area contributed by atoms with E-state index in [-0.39, 0.29) is 12.1 Å². The minimum atomic E-state index is -0.844. The summed E-state index contributed by atoms with van der Waals surface area (Å²) in [5.41, 5.74) is 0.719. The summed E-state index contributed by atoms with van der Waals surface area (Å²) in [4.78, 5) is 12.2. The Morgan fingerprint density at radius 1 is 1.13 bits per heavy atom. The van der Waals surface area contributed by atoms with Crippen molar-refractivity contribution < 1.29 is 5.11 Å². The van der Waals surface area contributed by atoms with Gasteiger partial charge in [-0.05, 0) is 31.7 Å². The lowest BCUT2D eigenvalue weighted by Crippen LogP contribution is -2.51. The van der Waals surface area contributed by atoms with E-state index in [1.165, 1.54) is 10.7 Å². The van der Waals surface area contributed by atoms with E-state index in [1.807, 2.05) is 30.3 Å². The Labute approximate surface area is 135 Å². The first-order valence-corrected chi connectivity index (χ1v) is 8.23. The lowest BCUT2D eigenvalue weighted by Gasteiger charge is -2.37. The summed E-state index contributed by atoms with van der Waals surface area (Å²) in [5, 5.41) is 18.9. The predicted octanol–water partition coefficient (Wildman–Crippen LogP) is 1.56. The Bertz CT molecular complexity index is 744. The molecule has 0 spiro atoms. The van der Waals surface area contributed by atoms with Gasteiger partial charge in [-0.2, -0.15) is 5.10 Å². The normalized spacial score (nSPS) is 29.6. The zero-order chi connectivity index (χ0) is 15.9. The van der Waals surface area contributed by atoms with Gasteiger partial charge in [0.1, 0.15) is 0 Å². The van der Waals surface area contributed by atoms with Crippen molar-refractivity contribution in [2.75, 3.05) is 0 Å². The van der Waals surface area contributed by atoms with Gasteiger partial charge in [0.25, 0.3) is 5.56 Å². The minimum Gasteiger partial charge on any atom is -0.388 e. The van der Waals surface area contributed by atoms with Crippen molar-refractivity contribution in [3.8, 4) is 11.3 Å². The van der Waals surface area contributed by atoms with Crippen LogP contribution in [0.2, 0.25) is 0 Å². The van der Waals surface area contributed by atoms with Crippen LogP contribution >= 0.6 is 0 Å². The third-order valence-electron chi connectivity index (χ3n) is 4.97. The van der Waals surface area contributed by atoms with Crippen LogP contribution in [-0.4, -0.2) is 32.6 Å². The van der Waals surface area contributed by atoms with Crippen molar-refractivity contribution >= 4 is 0 Å². The number of aliphatic hydroxyl groups is 1. The second-order valence-electron chi connectivity index (χ2n) is 6.85. The quantitative estimate of drug-likeness (QED) is 0.903. The second-order valence-corrected chi connectivity index (χ2v) is 6.85. The number of nitrogens with one attached hydrogen (secondary N) is 1. The molecule has 2 aliphatic rings. The lowest BCUT2D eigenvalue weighted by molar-refractivity contribution is -0.0249. The van der Waals surface area contributed by atoms with Gasteiger partial charge in [0.15, 0.2) is 0 Å². The van der Waals surface area contributed by atoms with Crippen molar-refractivity contribution in [2.24, 2.45) is 0 Å². The van der Waals surface area contributed by atoms with E-state index in [4.69, 9.17) is 0 Å². The molecule has 2 saturated heterocycles. The van der Waals surface area contributed by atoms with Gasteiger partial charge in [-0.3, -0.25) is 4.79 Å². The standard InChI is InChI=1S/C18H21N3O2/c22-17-9-8-16(13-4-2-1-3-5-13)20-21(17)12-18(23)10-14-6-7-15(11-18)19-14/h1-5,8-9,14-15,19,23H,6-7,10-12H2/t14-,15-/m1/s1. The van der Waals surface area contributed by atoms with E-state index >= 15 is 0 Å². The van der Waals surface area contributed by atoms with Crippen LogP contribution in [0.3, 0.4) is 0 Å². The van der Waals surface area contributed by atoms with Crippen LogP contribution in [0.25, 0.3) is 11.3 Å². The number of hydrogen-bond acceptors (Lipinski definition) is 4. The zero-order valence-corrected chi connectivity index (χ0v) is 13.0. The van der Waals surface area contributed by atoms with Crippen LogP contribution in [0.15, 0.2) is 47.3 Å². The molecular weight excluding hydrogens is 290 g/mol. The molecule has 5 heteroatoms. The highest BCUT2D eigenvalue weighted by Gasteiger charge is 2.42. The fourth-order valence-corrected chi connectivity index (χ4v) is 3.96. The smallest absolute Gasteiger partial charge is 0.266 e. The summed E-state index contributed by atoms with van der Waals surface area (Å²) in [6, 6.07) is 13.8. The maximum absolute atomic E-state index is 12.2. The summed E-state index contributed by atoms with van der Waals surface area (Å²) in [5.74, 6) is 0. The molecule has 0 saturated carbocycles. The van der Waals surface area contributed by atoms with E-state index in [9.17, 15) is 9.90 Å². The number of rotatable bonds is 3. The Morgan fingerprint density at radius 2 is 1.83 bits per heavy atom. The van der Waals surface area contributed by atoms with Crippen molar-refractivity contribution in [1.29, 1.82) is 0 Å². The molecule has 0 aliphatic carbocycles. The molecule has 1 aromatic carbocycles. The zero-order valence-electron chi connectivity index (χ0n) is 13.0. The van der Waals surface area contributed by atoms with E-state index in [0.29, 0.717) is 24.9 Å². The first-order chi connectivity index (χ1) is 11.1. The van der Waals surface area contributed by atoms with Gasteiger partial charge >= 0.3 is 0 Å². The van der Waals surface area contributed by atoms with Crippen LogP contribution in [0.4, 0.5) is 0 Å². The van der Waals surface area contributed by atoms with Crippen LogP contribution < -0.4 is 10.9 Å². The molecule has 4 rings (SSSR count). The van der Waals surface area contributed by atoms with E-state index in [2.05, 4.69) is 10.4 Å². The number of piperidine rings is 1. The Hall–Kier alpha value is -1.98. The van der Waals surface area contributed by atoms with Crippen LogP contribution in [-0.2, 0) is 6.54 Å². The van der Waals surface area contributed by atoms with Gasteiger partial charge in [0.05, 0.1) is 17.8 Å². The fraction of sp³-hybridized carbons (Fsp3) is 0.444. The second kappa shape index (κ2) is 5.58. The van der Waals surface area contributed by atoms with Gasteiger partial charge in [-0.25, -0.2) is 4.68 Å². The van der Waals surface area contributed by atoms with E-state index < -0.39 is 5.60 Å². The third-order valence-corrected chi connectivity index (χ3v) is 4.97. The lowest BCUT2D eigenvalue weighted by atomic mass is 9.87. The van der Waals surface area contributed by atoms with E-state index in [1.54, 1.807) is 6.07 Å². The Balaban J connectivity index is 1.63. The first kappa shape index (κ1) is 14.6. The molecule has 5 nitrogen and oxygen atoms in total. The van der Waals surface area contributed by atoms with Crippen LogP contribution in [0.5, 0.6) is 0 Å². The molecular formula is C18H21N3O2. The van der Waals surface area contributed by atoms with E-state index in [0.717, 1.165) is 24.1 Å². The maximum atomic E-state index is 12.2. The average Bonchev–Trinajstić information content (AvgIpc) is 2.90. The van der Waals surface area contributed by atoms with Crippen molar-refractivity contribution in [2.45, 2.75) is 49.9 Å². The molecule has 0 unspecified atom stereocenters. The molecule has 2 aliphatic heterocycles. The molecule has 1 aromatic heterocycles. The van der Waals surface area contributed by atoms with Gasteiger partial charge in [-0.15, -0.1) is 0 Å². The molecule has 2 bridgehead atoms. The fourth-order valence-electron chi connectivity index (χ4n) is 3.96. The molecule has 2 N–H and O–H groups in total.